The average Bonchev–Trinajstić information content (AvgIpc) is 2.70. The van der Waals surface area contributed by atoms with Gasteiger partial charge in [-0.2, -0.15) is 0 Å². The smallest absolute Gasteiger partial charge is 0.250 e. The Morgan fingerprint density at radius 3 is 2.61 bits per heavy atom. The van der Waals surface area contributed by atoms with Gasteiger partial charge < -0.3 is 15.5 Å². The van der Waals surface area contributed by atoms with Gasteiger partial charge in [-0.25, -0.2) is 9.37 Å². The van der Waals surface area contributed by atoms with Crippen LogP contribution in [0.15, 0.2) is 48.5 Å². The number of rotatable bonds is 1. The molecule has 1 spiro atoms. The molecule has 142 valence electrons. The highest BCUT2D eigenvalue weighted by atomic mass is 19.1. The van der Waals surface area contributed by atoms with E-state index < -0.39 is 5.54 Å². The molecule has 0 bridgehead atoms. The van der Waals surface area contributed by atoms with Gasteiger partial charge in [-0.15, -0.1) is 0 Å². The number of anilines is 3. The maximum atomic E-state index is 13.5. The molecule has 1 aromatic heterocycles. The van der Waals surface area contributed by atoms with Gasteiger partial charge in [-0.1, -0.05) is 12.1 Å². The number of piperidine rings is 1. The number of aromatic nitrogens is 1. The van der Waals surface area contributed by atoms with E-state index in [4.69, 9.17) is 4.98 Å². The topological polar surface area (TPSA) is 57.3 Å². The zero-order valence-corrected chi connectivity index (χ0v) is 15.6. The van der Waals surface area contributed by atoms with Gasteiger partial charge in [0.05, 0.1) is 16.9 Å². The first-order valence-corrected chi connectivity index (χ1v) is 9.55. The van der Waals surface area contributed by atoms with Crippen molar-refractivity contribution in [1.29, 1.82) is 0 Å². The predicted molar refractivity (Wildman–Crippen MR) is 109 cm³/mol. The van der Waals surface area contributed by atoms with Crippen LogP contribution in [0, 0.1) is 12.7 Å². The van der Waals surface area contributed by atoms with Gasteiger partial charge in [0.1, 0.15) is 17.2 Å². The van der Waals surface area contributed by atoms with E-state index in [0.717, 1.165) is 46.7 Å². The molecular weight excluding hydrogens is 355 g/mol. The lowest BCUT2D eigenvalue weighted by Crippen LogP contribution is -2.58. The predicted octanol–water partition coefficient (Wildman–Crippen LogP) is 4.09. The summed E-state index contributed by atoms with van der Waals surface area (Å²) in [5, 5.41) is 7.36. The molecule has 2 aromatic carbocycles. The van der Waals surface area contributed by atoms with Crippen LogP contribution >= 0.6 is 0 Å². The zero-order valence-electron chi connectivity index (χ0n) is 15.6. The minimum Gasteiger partial charge on any atom is -0.369 e. The number of carbonyl (C=O) groups excluding carboxylic acids is 1. The fourth-order valence-electron chi connectivity index (χ4n) is 4.24. The monoisotopic (exact) mass is 376 g/mol. The number of amides is 1. The SMILES string of the molecule is Cc1cc(N2CCC3(CC2)Nc2ccccc2NC3=O)nc2ccc(F)cc12. The Morgan fingerprint density at radius 2 is 1.82 bits per heavy atom. The lowest BCUT2D eigenvalue weighted by atomic mass is 9.84. The van der Waals surface area contributed by atoms with Crippen LogP contribution in [0.25, 0.3) is 10.9 Å². The summed E-state index contributed by atoms with van der Waals surface area (Å²) < 4.78 is 13.5. The summed E-state index contributed by atoms with van der Waals surface area (Å²) in [7, 11) is 0. The van der Waals surface area contributed by atoms with Crippen molar-refractivity contribution < 1.29 is 9.18 Å². The van der Waals surface area contributed by atoms with Gasteiger partial charge >= 0.3 is 0 Å². The third-order valence-corrected chi connectivity index (χ3v) is 5.89. The van der Waals surface area contributed by atoms with Crippen LogP contribution in [-0.2, 0) is 4.79 Å². The van der Waals surface area contributed by atoms with Crippen LogP contribution < -0.4 is 15.5 Å². The van der Waals surface area contributed by atoms with E-state index >= 15 is 0 Å². The van der Waals surface area contributed by atoms with Crippen molar-refractivity contribution in [3.05, 3.63) is 59.9 Å². The molecule has 5 nitrogen and oxygen atoms in total. The van der Waals surface area contributed by atoms with E-state index in [2.05, 4.69) is 15.5 Å². The standard InChI is InChI=1S/C22H21FN4O/c1-14-12-20(24-17-7-6-15(23)13-16(14)17)27-10-8-22(9-11-27)21(28)25-18-4-2-3-5-19(18)26-22/h2-7,12-13,26H,8-11H2,1H3,(H,25,28). The molecular formula is C22H21FN4O. The van der Waals surface area contributed by atoms with E-state index in [1.807, 2.05) is 37.3 Å². The van der Waals surface area contributed by atoms with E-state index in [-0.39, 0.29) is 11.7 Å². The second-order valence-corrected chi connectivity index (χ2v) is 7.65. The van der Waals surface area contributed by atoms with Crippen LogP contribution in [0.1, 0.15) is 18.4 Å². The van der Waals surface area contributed by atoms with Gasteiger partial charge in [-0.05, 0) is 61.7 Å². The van der Waals surface area contributed by atoms with Crippen molar-refractivity contribution in [2.24, 2.45) is 0 Å². The molecule has 0 unspecified atom stereocenters. The molecule has 2 aliphatic heterocycles. The molecule has 5 rings (SSSR count). The lowest BCUT2D eigenvalue weighted by molar-refractivity contribution is -0.121. The number of benzene rings is 2. The summed E-state index contributed by atoms with van der Waals surface area (Å²) in [6.07, 6.45) is 1.38. The van der Waals surface area contributed by atoms with Gasteiger partial charge in [0.2, 0.25) is 5.91 Å². The Kier molecular flexibility index (Phi) is 3.75. The third kappa shape index (κ3) is 2.68. The van der Waals surface area contributed by atoms with Crippen molar-refractivity contribution in [3.63, 3.8) is 0 Å². The van der Waals surface area contributed by atoms with Crippen molar-refractivity contribution in [2.75, 3.05) is 28.6 Å². The quantitative estimate of drug-likeness (QED) is 0.672. The summed E-state index contributed by atoms with van der Waals surface area (Å²) in [5.41, 5.74) is 3.01. The molecule has 3 heterocycles. The van der Waals surface area contributed by atoms with Gasteiger partial charge in [0, 0.05) is 18.5 Å². The van der Waals surface area contributed by atoms with Crippen LogP contribution in [-0.4, -0.2) is 29.5 Å². The molecule has 2 aliphatic rings. The molecule has 2 N–H and O–H groups in total. The summed E-state index contributed by atoms with van der Waals surface area (Å²) in [4.78, 5) is 19.7. The molecule has 1 fully saturated rings. The first-order chi connectivity index (χ1) is 13.5. The molecule has 0 aliphatic carbocycles. The summed E-state index contributed by atoms with van der Waals surface area (Å²) in [6.45, 7) is 3.43. The maximum absolute atomic E-state index is 13.5. The molecule has 6 heteroatoms. The Labute approximate surface area is 162 Å². The Morgan fingerprint density at radius 1 is 1.07 bits per heavy atom. The molecule has 28 heavy (non-hydrogen) atoms. The minimum atomic E-state index is -0.583. The molecule has 3 aromatic rings. The number of nitrogens with one attached hydrogen (secondary N) is 2. The Bertz CT molecular complexity index is 1090. The first-order valence-electron chi connectivity index (χ1n) is 9.55. The van der Waals surface area contributed by atoms with Crippen molar-refractivity contribution in [2.45, 2.75) is 25.3 Å². The number of fused-ring (bicyclic) bond motifs is 2. The minimum absolute atomic E-state index is 0.0315. The normalized spacial score (nSPS) is 17.9. The number of hydrogen-bond donors (Lipinski definition) is 2. The van der Waals surface area contributed by atoms with Crippen LogP contribution in [0.3, 0.4) is 0 Å². The lowest BCUT2D eigenvalue weighted by Gasteiger charge is -2.44. The third-order valence-electron chi connectivity index (χ3n) is 5.89. The van der Waals surface area contributed by atoms with Crippen molar-refractivity contribution in [1.82, 2.24) is 4.98 Å². The molecule has 1 amide bonds. The van der Waals surface area contributed by atoms with E-state index in [1.54, 1.807) is 6.07 Å². The summed E-state index contributed by atoms with van der Waals surface area (Å²) in [6, 6.07) is 14.5. The van der Waals surface area contributed by atoms with Crippen LogP contribution in [0.4, 0.5) is 21.6 Å². The second-order valence-electron chi connectivity index (χ2n) is 7.65. The van der Waals surface area contributed by atoms with Crippen molar-refractivity contribution >= 4 is 34.0 Å². The number of para-hydroxylation sites is 2. The highest BCUT2D eigenvalue weighted by Crippen LogP contribution is 2.37. The van der Waals surface area contributed by atoms with E-state index in [9.17, 15) is 9.18 Å². The second kappa shape index (κ2) is 6.19. The number of aryl methyl sites for hydroxylation is 1. The average molecular weight is 376 g/mol. The Hall–Kier alpha value is -3.15. The largest absolute Gasteiger partial charge is 0.369 e. The zero-order chi connectivity index (χ0) is 19.3. The maximum Gasteiger partial charge on any atom is 0.250 e. The highest BCUT2D eigenvalue weighted by molar-refractivity contribution is 6.06. The summed E-state index contributed by atoms with van der Waals surface area (Å²) >= 11 is 0. The van der Waals surface area contributed by atoms with Gasteiger partial charge in [0.25, 0.3) is 0 Å². The van der Waals surface area contributed by atoms with E-state index in [1.165, 1.54) is 12.1 Å². The van der Waals surface area contributed by atoms with Crippen molar-refractivity contribution in [3.8, 4) is 0 Å². The first kappa shape index (κ1) is 17.0. The number of pyridine rings is 1. The highest BCUT2D eigenvalue weighted by Gasteiger charge is 2.44. The Balaban J connectivity index is 1.40. The number of hydrogen-bond acceptors (Lipinski definition) is 4. The van der Waals surface area contributed by atoms with Crippen LogP contribution in [0.2, 0.25) is 0 Å². The van der Waals surface area contributed by atoms with E-state index in [0.29, 0.717) is 12.8 Å². The fraction of sp³-hybridized carbons (Fsp3) is 0.273. The summed E-state index contributed by atoms with van der Waals surface area (Å²) in [5.74, 6) is 0.659. The van der Waals surface area contributed by atoms with Gasteiger partial charge in [-0.3, -0.25) is 4.79 Å². The molecule has 0 radical (unpaired) electrons. The van der Waals surface area contributed by atoms with Crippen LogP contribution in [0.5, 0.6) is 0 Å². The number of nitrogens with zero attached hydrogens (tertiary/aromatic N) is 2. The number of carbonyl (C=O) groups is 1. The fourth-order valence-corrected chi connectivity index (χ4v) is 4.24. The van der Waals surface area contributed by atoms with Gasteiger partial charge in [0.15, 0.2) is 0 Å². The number of halogens is 1. The molecule has 0 atom stereocenters. The molecule has 1 saturated heterocycles. The molecule has 0 saturated carbocycles.